The van der Waals surface area contributed by atoms with Crippen LogP contribution < -0.4 is 5.32 Å². The Balaban J connectivity index is 2.96. The molecule has 0 aliphatic rings. The number of methoxy groups -OCH3 is 1. The van der Waals surface area contributed by atoms with E-state index in [9.17, 15) is 18.4 Å². The van der Waals surface area contributed by atoms with E-state index in [0.29, 0.717) is 6.42 Å². The minimum atomic E-state index is -1.24. The van der Waals surface area contributed by atoms with Crippen molar-refractivity contribution in [1.29, 1.82) is 0 Å². The second-order valence-electron chi connectivity index (χ2n) is 4.46. The number of esters is 1. The average Bonchev–Trinajstić information content (AvgIpc) is 2.45. The van der Waals surface area contributed by atoms with Crippen LogP contribution in [-0.4, -0.2) is 25.0 Å². The highest BCUT2D eigenvalue weighted by atomic mass is 19.2. The highest BCUT2D eigenvalue weighted by Crippen LogP contribution is 2.14. The lowest BCUT2D eigenvalue weighted by Crippen LogP contribution is -2.45. The monoisotopic (exact) mass is 285 g/mol. The molecule has 0 bridgehead atoms. The van der Waals surface area contributed by atoms with Crippen LogP contribution >= 0.6 is 0 Å². The van der Waals surface area contributed by atoms with E-state index in [2.05, 4.69) is 10.1 Å². The van der Waals surface area contributed by atoms with Gasteiger partial charge in [0.2, 0.25) is 0 Å². The number of hydrogen-bond acceptors (Lipinski definition) is 3. The molecule has 0 aliphatic heterocycles. The van der Waals surface area contributed by atoms with Crippen LogP contribution in [0.4, 0.5) is 8.78 Å². The van der Waals surface area contributed by atoms with Gasteiger partial charge in [-0.25, -0.2) is 13.6 Å². The molecule has 1 N–H and O–H groups in total. The Morgan fingerprint density at radius 1 is 1.35 bits per heavy atom. The Morgan fingerprint density at radius 3 is 2.55 bits per heavy atom. The van der Waals surface area contributed by atoms with Crippen molar-refractivity contribution in [2.45, 2.75) is 26.3 Å². The Kier molecular flexibility index (Phi) is 5.61. The molecule has 1 aromatic carbocycles. The molecular weight excluding hydrogens is 268 g/mol. The summed E-state index contributed by atoms with van der Waals surface area (Å²) in [5.41, 5.74) is -0.442. The molecule has 2 unspecified atom stereocenters. The number of ether oxygens (including phenoxy) is 1. The van der Waals surface area contributed by atoms with E-state index in [1.807, 2.05) is 6.92 Å². The van der Waals surface area contributed by atoms with E-state index < -0.39 is 35.1 Å². The van der Waals surface area contributed by atoms with Crippen LogP contribution in [-0.2, 0) is 9.53 Å². The number of rotatable bonds is 5. The number of halogens is 2. The largest absolute Gasteiger partial charge is 0.467 e. The summed E-state index contributed by atoms with van der Waals surface area (Å²) in [6.45, 7) is 3.60. The second kappa shape index (κ2) is 6.98. The van der Waals surface area contributed by atoms with Gasteiger partial charge in [-0.1, -0.05) is 26.3 Å². The first-order chi connectivity index (χ1) is 9.42. The number of benzene rings is 1. The fourth-order valence-corrected chi connectivity index (χ4v) is 1.69. The number of hydrogen-bond donors (Lipinski definition) is 1. The third-order valence-corrected chi connectivity index (χ3v) is 3.15. The molecule has 1 amide bonds. The van der Waals surface area contributed by atoms with Crippen molar-refractivity contribution in [3.05, 3.63) is 35.4 Å². The van der Waals surface area contributed by atoms with Crippen molar-refractivity contribution in [2.75, 3.05) is 7.11 Å². The van der Waals surface area contributed by atoms with Crippen molar-refractivity contribution in [1.82, 2.24) is 5.32 Å². The van der Waals surface area contributed by atoms with Gasteiger partial charge in [-0.05, 0) is 18.1 Å². The molecule has 0 radical (unpaired) electrons. The van der Waals surface area contributed by atoms with E-state index in [1.165, 1.54) is 13.2 Å². The van der Waals surface area contributed by atoms with Gasteiger partial charge in [-0.3, -0.25) is 4.79 Å². The standard InChI is InChI=1S/C14H17F2NO3/c1-4-8(2)12(14(19)20-3)17-13(18)9-6-5-7-10(15)11(9)16/h5-8,12H,4H2,1-3H3,(H,17,18). The van der Waals surface area contributed by atoms with E-state index in [4.69, 9.17) is 0 Å². The Bertz CT molecular complexity index is 505. The van der Waals surface area contributed by atoms with Crippen molar-refractivity contribution >= 4 is 11.9 Å². The minimum Gasteiger partial charge on any atom is -0.467 e. The van der Waals surface area contributed by atoms with E-state index in [1.54, 1.807) is 6.92 Å². The summed E-state index contributed by atoms with van der Waals surface area (Å²) in [7, 11) is 1.20. The van der Waals surface area contributed by atoms with Crippen molar-refractivity contribution in [3.8, 4) is 0 Å². The summed E-state index contributed by atoms with van der Waals surface area (Å²) in [5.74, 6) is -4.01. The highest BCUT2D eigenvalue weighted by Gasteiger charge is 2.28. The lowest BCUT2D eigenvalue weighted by molar-refractivity contribution is -0.144. The smallest absolute Gasteiger partial charge is 0.328 e. The first-order valence-corrected chi connectivity index (χ1v) is 6.25. The third kappa shape index (κ3) is 3.53. The first kappa shape index (κ1) is 16.1. The molecule has 2 atom stereocenters. The minimum absolute atomic E-state index is 0.192. The molecule has 0 saturated heterocycles. The predicted octanol–water partition coefficient (Wildman–Crippen LogP) is 2.28. The molecule has 0 fully saturated rings. The SMILES string of the molecule is CCC(C)C(NC(=O)c1cccc(F)c1F)C(=O)OC. The van der Waals surface area contributed by atoms with Gasteiger partial charge in [0.25, 0.3) is 5.91 Å². The van der Waals surface area contributed by atoms with Crippen LogP contribution in [0.25, 0.3) is 0 Å². The summed E-state index contributed by atoms with van der Waals surface area (Å²) in [4.78, 5) is 23.6. The number of nitrogens with one attached hydrogen (secondary N) is 1. The Labute approximate surface area is 116 Å². The van der Waals surface area contributed by atoms with Gasteiger partial charge in [0.05, 0.1) is 12.7 Å². The number of carbonyl (C=O) groups excluding carboxylic acids is 2. The van der Waals surface area contributed by atoms with Crippen molar-refractivity contribution in [3.63, 3.8) is 0 Å². The topological polar surface area (TPSA) is 55.4 Å². The molecule has 4 nitrogen and oxygen atoms in total. The van der Waals surface area contributed by atoms with Crippen LogP contribution in [0.1, 0.15) is 30.6 Å². The van der Waals surface area contributed by atoms with Crippen molar-refractivity contribution < 1.29 is 23.1 Å². The molecule has 0 aromatic heterocycles. The molecule has 110 valence electrons. The normalized spacial score (nSPS) is 13.4. The van der Waals surface area contributed by atoms with Crippen LogP contribution in [0.15, 0.2) is 18.2 Å². The molecule has 0 saturated carbocycles. The average molecular weight is 285 g/mol. The van der Waals surface area contributed by atoms with Gasteiger partial charge >= 0.3 is 5.97 Å². The summed E-state index contributed by atoms with van der Waals surface area (Å²) in [6.07, 6.45) is 0.617. The fourth-order valence-electron chi connectivity index (χ4n) is 1.69. The quantitative estimate of drug-likeness (QED) is 0.844. The lowest BCUT2D eigenvalue weighted by Gasteiger charge is -2.21. The zero-order valence-corrected chi connectivity index (χ0v) is 11.6. The summed E-state index contributed by atoms with van der Waals surface area (Å²) >= 11 is 0. The lowest BCUT2D eigenvalue weighted by atomic mass is 9.98. The molecule has 0 heterocycles. The Hall–Kier alpha value is -1.98. The molecule has 1 aromatic rings. The van der Waals surface area contributed by atoms with Gasteiger partial charge in [0.15, 0.2) is 11.6 Å². The van der Waals surface area contributed by atoms with Crippen LogP contribution in [0.2, 0.25) is 0 Å². The van der Waals surface area contributed by atoms with Crippen LogP contribution in [0, 0.1) is 17.6 Å². The van der Waals surface area contributed by atoms with Gasteiger partial charge in [0.1, 0.15) is 6.04 Å². The van der Waals surface area contributed by atoms with Gasteiger partial charge in [-0.2, -0.15) is 0 Å². The second-order valence-corrected chi connectivity index (χ2v) is 4.46. The van der Waals surface area contributed by atoms with E-state index in [0.717, 1.165) is 12.1 Å². The van der Waals surface area contributed by atoms with Gasteiger partial charge in [-0.15, -0.1) is 0 Å². The maximum Gasteiger partial charge on any atom is 0.328 e. The first-order valence-electron chi connectivity index (χ1n) is 6.25. The Morgan fingerprint density at radius 2 is 2.00 bits per heavy atom. The van der Waals surface area contributed by atoms with Crippen LogP contribution in [0.3, 0.4) is 0 Å². The third-order valence-electron chi connectivity index (χ3n) is 3.15. The molecule has 1 rings (SSSR count). The summed E-state index contributed by atoms with van der Waals surface area (Å²) in [5, 5.41) is 2.38. The number of carbonyl (C=O) groups is 2. The van der Waals surface area contributed by atoms with E-state index in [-0.39, 0.29) is 5.92 Å². The zero-order valence-electron chi connectivity index (χ0n) is 11.6. The summed E-state index contributed by atoms with van der Waals surface area (Å²) < 4.78 is 31.2. The predicted molar refractivity (Wildman–Crippen MR) is 69.1 cm³/mol. The summed E-state index contributed by atoms with van der Waals surface area (Å²) in [6, 6.07) is 2.39. The molecule has 0 spiro atoms. The van der Waals surface area contributed by atoms with Gasteiger partial charge in [0, 0.05) is 0 Å². The highest BCUT2D eigenvalue weighted by molar-refractivity contribution is 5.97. The van der Waals surface area contributed by atoms with Gasteiger partial charge < -0.3 is 10.1 Å². The maximum atomic E-state index is 13.5. The van der Waals surface area contributed by atoms with Crippen molar-refractivity contribution in [2.24, 2.45) is 5.92 Å². The molecular formula is C14H17F2NO3. The number of amides is 1. The van der Waals surface area contributed by atoms with E-state index >= 15 is 0 Å². The molecule has 20 heavy (non-hydrogen) atoms. The maximum absolute atomic E-state index is 13.5. The zero-order chi connectivity index (χ0) is 15.3. The van der Waals surface area contributed by atoms with Crippen LogP contribution in [0.5, 0.6) is 0 Å². The fraction of sp³-hybridized carbons (Fsp3) is 0.429. The molecule has 6 heteroatoms. The molecule has 0 aliphatic carbocycles.